The van der Waals surface area contributed by atoms with Gasteiger partial charge in [0.2, 0.25) is 11.8 Å². The van der Waals surface area contributed by atoms with Gasteiger partial charge in [0.05, 0.1) is 17.9 Å². The second-order valence-electron chi connectivity index (χ2n) is 6.03. The van der Waals surface area contributed by atoms with Crippen molar-refractivity contribution in [3.8, 4) is 0 Å². The Morgan fingerprint density at radius 2 is 2.04 bits per heavy atom. The van der Waals surface area contributed by atoms with E-state index in [0.29, 0.717) is 6.42 Å². The average molecular weight is 402 g/mol. The molecule has 2 aromatic rings. The summed E-state index contributed by atoms with van der Waals surface area (Å²) in [5.41, 5.74) is 3.44. The minimum absolute atomic E-state index is 0.129. The monoisotopic (exact) mass is 401 g/mol. The molecule has 130 valence electrons. The Morgan fingerprint density at radius 1 is 1.24 bits per heavy atom. The van der Waals surface area contributed by atoms with Gasteiger partial charge in [-0.3, -0.25) is 9.59 Å². The van der Waals surface area contributed by atoms with Crippen molar-refractivity contribution in [2.75, 3.05) is 28.6 Å². The van der Waals surface area contributed by atoms with Crippen LogP contribution in [0.5, 0.6) is 0 Å². The summed E-state index contributed by atoms with van der Waals surface area (Å²) in [5, 5.41) is 6.02. The first kappa shape index (κ1) is 17.5. The van der Waals surface area contributed by atoms with Gasteiger partial charge in [-0.25, -0.2) is 0 Å². The normalized spacial score (nSPS) is 13.8. The minimum Gasteiger partial charge on any atom is -0.374 e. The predicted octanol–water partition coefficient (Wildman–Crippen LogP) is 3.93. The van der Waals surface area contributed by atoms with Crippen LogP contribution >= 0.6 is 15.9 Å². The molecule has 0 aliphatic carbocycles. The molecule has 0 aromatic heterocycles. The maximum Gasteiger partial charge on any atom is 0.243 e. The maximum absolute atomic E-state index is 12.2. The molecule has 3 rings (SSSR count). The lowest BCUT2D eigenvalue weighted by Gasteiger charge is -2.20. The summed E-state index contributed by atoms with van der Waals surface area (Å²) in [6, 6.07) is 13.3. The summed E-state index contributed by atoms with van der Waals surface area (Å²) in [5.74, 6) is -0.00619. The van der Waals surface area contributed by atoms with E-state index in [4.69, 9.17) is 0 Å². The summed E-state index contributed by atoms with van der Waals surface area (Å²) < 4.78 is 1.01. The first-order valence-electron chi connectivity index (χ1n) is 8.24. The fraction of sp³-hybridized carbons (Fsp3) is 0.263. The van der Waals surface area contributed by atoms with Crippen LogP contribution in [0.4, 0.5) is 17.1 Å². The second-order valence-corrected chi connectivity index (χ2v) is 6.89. The number of para-hydroxylation sites is 2. The van der Waals surface area contributed by atoms with Crippen LogP contribution in [0.15, 0.2) is 46.9 Å². The van der Waals surface area contributed by atoms with E-state index in [1.165, 1.54) is 0 Å². The quantitative estimate of drug-likeness (QED) is 0.797. The van der Waals surface area contributed by atoms with Gasteiger partial charge >= 0.3 is 0 Å². The Bertz CT molecular complexity index is 807. The van der Waals surface area contributed by atoms with Crippen LogP contribution in [0.25, 0.3) is 0 Å². The number of benzene rings is 2. The molecule has 0 bridgehead atoms. The molecule has 2 aromatic carbocycles. The molecule has 5 nitrogen and oxygen atoms in total. The largest absolute Gasteiger partial charge is 0.374 e. The summed E-state index contributed by atoms with van der Waals surface area (Å²) in [6.07, 6.45) is 1.45. The molecule has 0 unspecified atom stereocenters. The summed E-state index contributed by atoms with van der Waals surface area (Å²) in [7, 11) is 0. The third-order valence-corrected chi connectivity index (χ3v) is 5.04. The molecule has 0 saturated carbocycles. The number of amides is 2. The molecule has 25 heavy (non-hydrogen) atoms. The van der Waals surface area contributed by atoms with Gasteiger partial charge in [-0.05, 0) is 49.2 Å². The van der Waals surface area contributed by atoms with Crippen LogP contribution in [0.3, 0.4) is 0 Å². The van der Waals surface area contributed by atoms with E-state index in [-0.39, 0.29) is 18.4 Å². The maximum atomic E-state index is 12.2. The molecule has 2 amide bonds. The van der Waals surface area contributed by atoms with Crippen molar-refractivity contribution in [2.45, 2.75) is 19.8 Å². The smallest absolute Gasteiger partial charge is 0.243 e. The van der Waals surface area contributed by atoms with Gasteiger partial charge < -0.3 is 15.5 Å². The number of anilines is 3. The standard InChI is InChI=1S/C19H20BrN3O2/c1-13-11-14(8-9-15(13)20)22-18(24)12-21-16-5-2-3-6-17(16)23-10-4-7-19(23)25/h2-3,5-6,8-9,11,21H,4,7,10,12H2,1H3,(H,22,24). The van der Waals surface area contributed by atoms with E-state index in [1.807, 2.05) is 49.4 Å². The highest BCUT2D eigenvalue weighted by Crippen LogP contribution is 2.29. The predicted molar refractivity (Wildman–Crippen MR) is 104 cm³/mol. The van der Waals surface area contributed by atoms with Gasteiger partial charge in [0.15, 0.2) is 0 Å². The number of nitrogens with zero attached hydrogens (tertiary/aromatic N) is 1. The van der Waals surface area contributed by atoms with Crippen LogP contribution in [0.2, 0.25) is 0 Å². The molecule has 1 heterocycles. The van der Waals surface area contributed by atoms with Crippen molar-refractivity contribution in [1.29, 1.82) is 0 Å². The third-order valence-electron chi connectivity index (χ3n) is 4.15. The van der Waals surface area contributed by atoms with Crippen LogP contribution in [-0.4, -0.2) is 24.9 Å². The van der Waals surface area contributed by atoms with Gasteiger partial charge in [0.1, 0.15) is 0 Å². The molecular formula is C19H20BrN3O2. The van der Waals surface area contributed by atoms with E-state index < -0.39 is 0 Å². The zero-order chi connectivity index (χ0) is 17.8. The van der Waals surface area contributed by atoms with Gasteiger partial charge in [-0.15, -0.1) is 0 Å². The number of nitrogens with one attached hydrogen (secondary N) is 2. The lowest BCUT2D eigenvalue weighted by atomic mass is 10.2. The molecule has 0 atom stereocenters. The van der Waals surface area contributed by atoms with E-state index >= 15 is 0 Å². The van der Waals surface area contributed by atoms with Crippen LogP contribution in [0.1, 0.15) is 18.4 Å². The molecule has 6 heteroatoms. The van der Waals surface area contributed by atoms with Crippen molar-refractivity contribution in [2.24, 2.45) is 0 Å². The van der Waals surface area contributed by atoms with Gasteiger partial charge in [-0.1, -0.05) is 28.1 Å². The van der Waals surface area contributed by atoms with E-state index in [9.17, 15) is 9.59 Å². The number of hydrogen-bond donors (Lipinski definition) is 2. The fourth-order valence-electron chi connectivity index (χ4n) is 2.86. The molecule has 1 aliphatic heterocycles. The Morgan fingerprint density at radius 3 is 2.76 bits per heavy atom. The van der Waals surface area contributed by atoms with Crippen molar-refractivity contribution in [3.63, 3.8) is 0 Å². The van der Waals surface area contributed by atoms with Gasteiger partial charge in [-0.2, -0.15) is 0 Å². The number of carbonyl (C=O) groups excluding carboxylic acids is 2. The third kappa shape index (κ3) is 4.20. The van der Waals surface area contributed by atoms with Gasteiger partial charge in [0.25, 0.3) is 0 Å². The van der Waals surface area contributed by atoms with E-state index in [2.05, 4.69) is 26.6 Å². The van der Waals surface area contributed by atoms with Crippen molar-refractivity contribution in [1.82, 2.24) is 0 Å². The molecule has 0 radical (unpaired) electrons. The van der Waals surface area contributed by atoms with E-state index in [0.717, 1.165) is 40.1 Å². The number of hydrogen-bond acceptors (Lipinski definition) is 3. The summed E-state index contributed by atoms with van der Waals surface area (Å²) in [4.78, 5) is 26.0. The highest BCUT2D eigenvalue weighted by molar-refractivity contribution is 9.10. The van der Waals surface area contributed by atoms with Gasteiger partial charge in [0, 0.05) is 23.1 Å². The molecule has 0 spiro atoms. The summed E-state index contributed by atoms with van der Waals surface area (Å²) in [6.45, 7) is 2.83. The number of carbonyl (C=O) groups is 2. The molecular weight excluding hydrogens is 382 g/mol. The average Bonchev–Trinajstić information content (AvgIpc) is 3.02. The number of halogens is 1. The van der Waals surface area contributed by atoms with Crippen LogP contribution < -0.4 is 15.5 Å². The second kappa shape index (κ2) is 7.70. The first-order valence-corrected chi connectivity index (χ1v) is 9.03. The molecule has 1 fully saturated rings. The topological polar surface area (TPSA) is 61.4 Å². The Hall–Kier alpha value is -2.34. The Labute approximate surface area is 155 Å². The zero-order valence-corrected chi connectivity index (χ0v) is 15.6. The lowest BCUT2D eigenvalue weighted by molar-refractivity contribution is -0.117. The number of rotatable bonds is 5. The van der Waals surface area contributed by atoms with Crippen molar-refractivity contribution >= 4 is 44.8 Å². The van der Waals surface area contributed by atoms with Crippen molar-refractivity contribution in [3.05, 3.63) is 52.5 Å². The Kier molecular flexibility index (Phi) is 5.38. The molecule has 2 N–H and O–H groups in total. The molecule has 1 saturated heterocycles. The summed E-state index contributed by atoms with van der Waals surface area (Å²) >= 11 is 3.44. The zero-order valence-electron chi connectivity index (χ0n) is 14.0. The number of aryl methyl sites for hydroxylation is 1. The van der Waals surface area contributed by atoms with Crippen molar-refractivity contribution < 1.29 is 9.59 Å². The molecule has 1 aliphatic rings. The SMILES string of the molecule is Cc1cc(NC(=O)CNc2ccccc2N2CCCC2=O)ccc1Br. The highest BCUT2D eigenvalue weighted by Gasteiger charge is 2.23. The van der Waals surface area contributed by atoms with Crippen LogP contribution in [0, 0.1) is 6.92 Å². The fourth-order valence-corrected chi connectivity index (χ4v) is 3.11. The highest BCUT2D eigenvalue weighted by atomic mass is 79.9. The first-order chi connectivity index (χ1) is 12.0. The van der Waals surface area contributed by atoms with E-state index in [1.54, 1.807) is 4.90 Å². The minimum atomic E-state index is -0.135. The van der Waals surface area contributed by atoms with Crippen LogP contribution in [-0.2, 0) is 9.59 Å². The Balaban J connectivity index is 1.64. The lowest BCUT2D eigenvalue weighted by Crippen LogP contribution is -2.26.